The molecule has 3 rings (SSSR count). The smallest absolute Gasteiger partial charge is 0.130 e. The van der Waals surface area contributed by atoms with E-state index in [1.807, 2.05) is 61.5 Å². The Bertz CT molecular complexity index is 658. The third-order valence-corrected chi connectivity index (χ3v) is 2.68. The maximum absolute atomic E-state index is 4.39. The van der Waals surface area contributed by atoms with E-state index >= 15 is 0 Å². The predicted octanol–water partition coefficient (Wildman–Crippen LogP) is 2.64. The van der Waals surface area contributed by atoms with Crippen LogP contribution in [-0.2, 0) is 0 Å². The fraction of sp³-hybridized carbons (Fsp3) is 0.0714. The molecule has 2 aromatic carbocycles. The third-order valence-electron chi connectivity index (χ3n) is 2.68. The number of hydrogen-bond acceptors (Lipinski definition) is 3. The Morgan fingerprint density at radius 2 is 1.78 bits per heavy atom. The van der Waals surface area contributed by atoms with E-state index < -0.39 is 0 Å². The van der Waals surface area contributed by atoms with Gasteiger partial charge in [-0.15, -0.1) is 15.0 Å². The van der Waals surface area contributed by atoms with Gasteiger partial charge in [-0.3, -0.25) is 0 Å². The first-order valence-electron chi connectivity index (χ1n) is 5.75. The average Bonchev–Trinajstić information content (AvgIpc) is 2.89. The molecule has 3 aromatic rings. The highest BCUT2D eigenvalue weighted by atomic mass is 15.6. The maximum Gasteiger partial charge on any atom is 0.205 e. The van der Waals surface area contributed by atoms with Crippen LogP contribution < -0.4 is 0 Å². The van der Waals surface area contributed by atoms with Crippen molar-refractivity contribution in [2.75, 3.05) is 0 Å². The molecule has 0 unspecified atom stereocenters. The summed E-state index contributed by atoms with van der Waals surface area (Å²) in [5.74, 6) is 0.636. The van der Waals surface area contributed by atoms with Gasteiger partial charge in [0, 0.05) is 5.56 Å². The highest BCUT2D eigenvalue weighted by Crippen LogP contribution is 2.14. The van der Waals surface area contributed by atoms with E-state index in [1.54, 1.807) is 4.80 Å². The molecule has 4 nitrogen and oxygen atoms in total. The molecule has 0 aliphatic carbocycles. The van der Waals surface area contributed by atoms with E-state index in [0.717, 1.165) is 11.3 Å². The zero-order chi connectivity index (χ0) is 12.4. The summed E-state index contributed by atoms with van der Waals surface area (Å²) in [5.41, 5.74) is 3.06. The highest BCUT2D eigenvalue weighted by Gasteiger charge is 2.06. The van der Waals surface area contributed by atoms with Crippen molar-refractivity contribution in [3.63, 3.8) is 0 Å². The Morgan fingerprint density at radius 1 is 0.944 bits per heavy atom. The van der Waals surface area contributed by atoms with E-state index in [9.17, 15) is 0 Å². The van der Waals surface area contributed by atoms with Crippen LogP contribution in [0.5, 0.6) is 0 Å². The molecule has 0 bridgehead atoms. The number of aromatic nitrogens is 4. The molecule has 0 saturated carbocycles. The minimum atomic E-state index is 0.636. The molecule has 0 amide bonds. The second-order valence-electron chi connectivity index (χ2n) is 4.11. The van der Waals surface area contributed by atoms with Gasteiger partial charge in [-0.05, 0) is 29.8 Å². The van der Waals surface area contributed by atoms with Gasteiger partial charge in [0.05, 0.1) is 5.69 Å². The first-order chi connectivity index (χ1) is 8.83. The predicted molar refractivity (Wildman–Crippen MR) is 69.3 cm³/mol. The zero-order valence-corrected chi connectivity index (χ0v) is 9.99. The molecular weight excluding hydrogens is 224 g/mol. The van der Waals surface area contributed by atoms with Crippen molar-refractivity contribution in [2.45, 2.75) is 6.92 Å². The minimum Gasteiger partial charge on any atom is -0.130 e. The van der Waals surface area contributed by atoms with Crippen molar-refractivity contribution in [2.24, 2.45) is 0 Å². The highest BCUT2D eigenvalue weighted by molar-refractivity contribution is 5.53. The summed E-state index contributed by atoms with van der Waals surface area (Å²) in [6.07, 6.45) is 0. The summed E-state index contributed by atoms with van der Waals surface area (Å²) in [6.45, 7) is 2.04. The molecule has 88 valence electrons. The first kappa shape index (κ1) is 10.7. The fourth-order valence-corrected chi connectivity index (χ4v) is 1.78. The lowest BCUT2D eigenvalue weighted by Crippen LogP contribution is -1.98. The first-order valence-corrected chi connectivity index (χ1v) is 5.75. The SMILES string of the molecule is Cc1cccc(-n2nnc(-c3ccccc3)n2)c1. The largest absolute Gasteiger partial charge is 0.205 e. The van der Waals surface area contributed by atoms with Crippen LogP contribution in [0.2, 0.25) is 0 Å². The van der Waals surface area contributed by atoms with Gasteiger partial charge in [-0.1, -0.05) is 42.5 Å². The molecule has 0 atom stereocenters. The van der Waals surface area contributed by atoms with Crippen LogP contribution in [0, 0.1) is 6.92 Å². The maximum atomic E-state index is 4.39. The second-order valence-corrected chi connectivity index (χ2v) is 4.11. The standard InChI is InChI=1S/C14H12N4/c1-11-6-5-9-13(10-11)18-16-14(15-17-18)12-7-3-2-4-8-12/h2-10H,1H3. The molecule has 0 fully saturated rings. The van der Waals surface area contributed by atoms with Crippen molar-refractivity contribution >= 4 is 0 Å². The Balaban J connectivity index is 2.00. The topological polar surface area (TPSA) is 43.6 Å². The molecular formula is C14H12N4. The van der Waals surface area contributed by atoms with Crippen molar-refractivity contribution in [1.29, 1.82) is 0 Å². The minimum absolute atomic E-state index is 0.636. The van der Waals surface area contributed by atoms with Crippen LogP contribution >= 0.6 is 0 Å². The summed E-state index contributed by atoms with van der Waals surface area (Å²) in [6, 6.07) is 17.8. The molecule has 1 aromatic heterocycles. The molecule has 0 saturated heterocycles. The molecule has 0 radical (unpaired) electrons. The summed E-state index contributed by atoms with van der Waals surface area (Å²) in [4.78, 5) is 1.55. The number of benzene rings is 2. The Morgan fingerprint density at radius 3 is 2.56 bits per heavy atom. The van der Waals surface area contributed by atoms with Crippen molar-refractivity contribution < 1.29 is 0 Å². The van der Waals surface area contributed by atoms with E-state index in [2.05, 4.69) is 15.4 Å². The van der Waals surface area contributed by atoms with Gasteiger partial charge in [0.2, 0.25) is 5.82 Å². The van der Waals surface area contributed by atoms with Crippen molar-refractivity contribution in [1.82, 2.24) is 20.2 Å². The van der Waals surface area contributed by atoms with E-state index in [-0.39, 0.29) is 0 Å². The van der Waals surface area contributed by atoms with Gasteiger partial charge in [0.1, 0.15) is 0 Å². The molecule has 0 aliphatic rings. The molecule has 18 heavy (non-hydrogen) atoms. The van der Waals surface area contributed by atoms with Crippen LogP contribution in [0.1, 0.15) is 5.56 Å². The number of aryl methyl sites for hydroxylation is 1. The van der Waals surface area contributed by atoms with Crippen molar-refractivity contribution in [3.05, 3.63) is 60.2 Å². The summed E-state index contributed by atoms with van der Waals surface area (Å²) >= 11 is 0. The van der Waals surface area contributed by atoms with Gasteiger partial charge in [-0.25, -0.2) is 0 Å². The Labute approximate surface area is 105 Å². The van der Waals surface area contributed by atoms with Gasteiger partial charge < -0.3 is 0 Å². The van der Waals surface area contributed by atoms with E-state index in [4.69, 9.17) is 0 Å². The molecule has 0 aliphatic heterocycles. The number of nitrogens with zero attached hydrogens (tertiary/aromatic N) is 4. The number of hydrogen-bond donors (Lipinski definition) is 0. The monoisotopic (exact) mass is 236 g/mol. The Hall–Kier alpha value is -2.49. The van der Waals surface area contributed by atoms with Crippen LogP contribution in [-0.4, -0.2) is 20.2 Å². The number of rotatable bonds is 2. The average molecular weight is 236 g/mol. The normalized spacial score (nSPS) is 10.5. The summed E-state index contributed by atoms with van der Waals surface area (Å²) in [5, 5.41) is 12.5. The van der Waals surface area contributed by atoms with Gasteiger partial charge in [0.25, 0.3) is 0 Å². The van der Waals surface area contributed by atoms with E-state index in [0.29, 0.717) is 5.82 Å². The van der Waals surface area contributed by atoms with Crippen LogP contribution in [0.15, 0.2) is 54.6 Å². The van der Waals surface area contributed by atoms with E-state index in [1.165, 1.54) is 5.56 Å². The van der Waals surface area contributed by atoms with Crippen molar-refractivity contribution in [3.8, 4) is 17.1 Å². The summed E-state index contributed by atoms with van der Waals surface area (Å²) in [7, 11) is 0. The molecule has 0 N–H and O–H groups in total. The fourth-order valence-electron chi connectivity index (χ4n) is 1.78. The third kappa shape index (κ3) is 2.00. The zero-order valence-electron chi connectivity index (χ0n) is 9.99. The second kappa shape index (κ2) is 4.41. The summed E-state index contributed by atoms with van der Waals surface area (Å²) < 4.78 is 0. The molecule has 1 heterocycles. The van der Waals surface area contributed by atoms with Crippen LogP contribution in [0.25, 0.3) is 17.1 Å². The van der Waals surface area contributed by atoms with Crippen LogP contribution in [0.3, 0.4) is 0 Å². The molecule has 0 spiro atoms. The van der Waals surface area contributed by atoms with Gasteiger partial charge in [0.15, 0.2) is 0 Å². The van der Waals surface area contributed by atoms with Gasteiger partial charge in [-0.2, -0.15) is 0 Å². The Kier molecular flexibility index (Phi) is 2.61. The number of tetrazole rings is 1. The lowest BCUT2D eigenvalue weighted by atomic mass is 10.2. The lowest BCUT2D eigenvalue weighted by Gasteiger charge is -1.98. The lowest BCUT2D eigenvalue weighted by molar-refractivity contribution is 0.719. The molecule has 4 heteroatoms. The van der Waals surface area contributed by atoms with Gasteiger partial charge >= 0.3 is 0 Å². The van der Waals surface area contributed by atoms with Crippen LogP contribution in [0.4, 0.5) is 0 Å². The quantitative estimate of drug-likeness (QED) is 0.687.